The van der Waals surface area contributed by atoms with E-state index in [0.717, 1.165) is 30.6 Å². The minimum absolute atomic E-state index is 0.0281. The first-order valence-corrected chi connectivity index (χ1v) is 9.36. The summed E-state index contributed by atoms with van der Waals surface area (Å²) in [6, 6.07) is 5.88. The lowest BCUT2D eigenvalue weighted by molar-refractivity contribution is 0.309. The molecule has 0 spiro atoms. The normalized spacial score (nSPS) is 20.3. The van der Waals surface area contributed by atoms with Gasteiger partial charge in [-0.15, -0.1) is 0 Å². The number of benzene rings is 1. The monoisotopic (exact) mass is 311 g/mol. The van der Waals surface area contributed by atoms with Crippen LogP contribution in [0.5, 0.6) is 5.75 Å². The Labute approximate surface area is 127 Å². The van der Waals surface area contributed by atoms with Crippen molar-refractivity contribution in [2.24, 2.45) is 0 Å². The molecule has 1 aromatic carbocycles. The van der Waals surface area contributed by atoms with Crippen molar-refractivity contribution in [1.29, 1.82) is 0 Å². The van der Waals surface area contributed by atoms with Crippen molar-refractivity contribution in [3.63, 3.8) is 0 Å². The lowest BCUT2D eigenvalue weighted by Crippen LogP contribution is -2.27. The highest BCUT2D eigenvalue weighted by atomic mass is 32.2. The molecule has 0 heterocycles. The molecule has 1 aliphatic carbocycles. The number of unbranched alkanes of at least 4 members (excludes halogenated alkanes) is 1. The standard InChI is InChI=1S/C16H25NO3S/c1-5-6-9-20-12-7-8-14-13(10-12)15(11-16(14,2)3)17-21(4,18)19/h7-8,10,15,17H,5-6,9,11H2,1-4H3. The summed E-state index contributed by atoms with van der Waals surface area (Å²) < 4.78 is 31.6. The van der Waals surface area contributed by atoms with E-state index in [1.165, 1.54) is 11.8 Å². The lowest BCUT2D eigenvalue weighted by atomic mass is 9.86. The molecule has 0 saturated heterocycles. The maximum absolute atomic E-state index is 11.6. The summed E-state index contributed by atoms with van der Waals surface area (Å²) in [4.78, 5) is 0. The predicted octanol–water partition coefficient (Wildman–Crippen LogP) is 3.14. The fourth-order valence-corrected chi connectivity index (χ4v) is 3.69. The van der Waals surface area contributed by atoms with Crippen molar-refractivity contribution < 1.29 is 13.2 Å². The zero-order valence-electron chi connectivity index (χ0n) is 13.3. The highest BCUT2D eigenvalue weighted by Crippen LogP contribution is 2.45. The van der Waals surface area contributed by atoms with Crippen molar-refractivity contribution in [2.45, 2.75) is 51.5 Å². The molecule has 0 aliphatic heterocycles. The summed E-state index contributed by atoms with van der Waals surface area (Å²) in [7, 11) is -3.23. The fraction of sp³-hybridized carbons (Fsp3) is 0.625. The van der Waals surface area contributed by atoms with Crippen molar-refractivity contribution in [3.05, 3.63) is 29.3 Å². The molecule has 1 unspecified atom stereocenters. The topological polar surface area (TPSA) is 55.4 Å². The van der Waals surface area contributed by atoms with Crippen LogP contribution < -0.4 is 9.46 Å². The van der Waals surface area contributed by atoms with Gasteiger partial charge in [0.1, 0.15) is 5.75 Å². The number of hydrogen-bond acceptors (Lipinski definition) is 3. The van der Waals surface area contributed by atoms with Gasteiger partial charge >= 0.3 is 0 Å². The maximum Gasteiger partial charge on any atom is 0.209 e. The van der Waals surface area contributed by atoms with Gasteiger partial charge in [0.2, 0.25) is 10.0 Å². The van der Waals surface area contributed by atoms with Crippen LogP contribution >= 0.6 is 0 Å². The Hall–Kier alpha value is -1.07. The highest BCUT2D eigenvalue weighted by Gasteiger charge is 2.38. The Morgan fingerprint density at radius 3 is 2.71 bits per heavy atom. The third kappa shape index (κ3) is 3.98. The molecular formula is C16H25NO3S. The van der Waals surface area contributed by atoms with Crippen LogP contribution in [0.1, 0.15) is 57.2 Å². The first kappa shape index (κ1) is 16.3. The number of ether oxygens (including phenoxy) is 1. The molecule has 1 aromatic rings. The summed E-state index contributed by atoms with van der Waals surface area (Å²) in [5, 5.41) is 0. The lowest BCUT2D eigenvalue weighted by Gasteiger charge is -2.19. The Morgan fingerprint density at radius 1 is 1.38 bits per heavy atom. The first-order valence-electron chi connectivity index (χ1n) is 7.47. The minimum atomic E-state index is -3.23. The number of nitrogens with one attached hydrogen (secondary N) is 1. The molecule has 0 saturated carbocycles. The van der Waals surface area contributed by atoms with Gasteiger partial charge in [0.15, 0.2) is 0 Å². The number of sulfonamides is 1. The molecular weight excluding hydrogens is 286 g/mol. The van der Waals surface area contributed by atoms with Crippen molar-refractivity contribution in [1.82, 2.24) is 4.72 Å². The van der Waals surface area contributed by atoms with Crippen molar-refractivity contribution in [2.75, 3.05) is 12.9 Å². The van der Waals surface area contributed by atoms with E-state index in [1.807, 2.05) is 12.1 Å². The average Bonchev–Trinajstić information content (AvgIpc) is 2.59. The minimum Gasteiger partial charge on any atom is -0.494 e. The zero-order valence-corrected chi connectivity index (χ0v) is 14.1. The molecule has 4 nitrogen and oxygen atoms in total. The third-order valence-electron chi connectivity index (χ3n) is 3.96. The molecule has 0 amide bonds. The van der Waals surface area contributed by atoms with Gasteiger partial charge in [0.05, 0.1) is 12.9 Å². The Bertz CT molecular complexity index is 608. The predicted molar refractivity (Wildman–Crippen MR) is 85.2 cm³/mol. The Balaban J connectivity index is 2.27. The summed E-state index contributed by atoms with van der Waals surface area (Å²) in [5.41, 5.74) is 2.21. The van der Waals surface area contributed by atoms with E-state index in [0.29, 0.717) is 6.61 Å². The van der Waals surface area contributed by atoms with E-state index in [4.69, 9.17) is 4.74 Å². The molecule has 2 rings (SSSR count). The van der Waals surface area contributed by atoms with E-state index in [9.17, 15) is 8.42 Å². The molecule has 118 valence electrons. The van der Waals surface area contributed by atoms with Gasteiger partial charge in [-0.3, -0.25) is 0 Å². The van der Waals surface area contributed by atoms with E-state index < -0.39 is 10.0 Å². The van der Waals surface area contributed by atoms with E-state index in [1.54, 1.807) is 0 Å². The number of fused-ring (bicyclic) bond motifs is 1. The second-order valence-corrected chi connectivity index (χ2v) is 8.26. The van der Waals surface area contributed by atoms with E-state index in [2.05, 4.69) is 31.6 Å². The van der Waals surface area contributed by atoms with Crippen LogP contribution in [0, 0.1) is 0 Å². The summed E-state index contributed by atoms with van der Waals surface area (Å²) >= 11 is 0. The van der Waals surface area contributed by atoms with Crippen LogP contribution in [-0.4, -0.2) is 21.3 Å². The van der Waals surface area contributed by atoms with Gasteiger partial charge in [-0.25, -0.2) is 13.1 Å². The van der Waals surface area contributed by atoms with Crippen LogP contribution in [0.3, 0.4) is 0 Å². The Morgan fingerprint density at radius 2 is 2.10 bits per heavy atom. The maximum atomic E-state index is 11.6. The van der Waals surface area contributed by atoms with Gasteiger partial charge in [-0.1, -0.05) is 33.3 Å². The SMILES string of the molecule is CCCCOc1ccc2c(c1)C(NS(C)(=O)=O)CC2(C)C. The number of rotatable bonds is 6. The van der Waals surface area contributed by atoms with Crippen LogP contribution in [0.2, 0.25) is 0 Å². The van der Waals surface area contributed by atoms with Crippen LogP contribution in [0.4, 0.5) is 0 Å². The molecule has 0 fully saturated rings. The zero-order chi connectivity index (χ0) is 15.7. The quantitative estimate of drug-likeness (QED) is 0.821. The van der Waals surface area contributed by atoms with Crippen LogP contribution in [0.25, 0.3) is 0 Å². The number of hydrogen-bond donors (Lipinski definition) is 1. The fourth-order valence-electron chi connectivity index (χ4n) is 2.96. The summed E-state index contributed by atoms with van der Waals surface area (Å²) in [6.45, 7) is 7.12. The van der Waals surface area contributed by atoms with Gasteiger partial charge in [0, 0.05) is 6.04 Å². The molecule has 0 aromatic heterocycles. The van der Waals surface area contributed by atoms with Crippen molar-refractivity contribution >= 4 is 10.0 Å². The van der Waals surface area contributed by atoms with Gasteiger partial charge < -0.3 is 4.74 Å². The molecule has 21 heavy (non-hydrogen) atoms. The molecule has 1 atom stereocenters. The Kier molecular flexibility index (Phi) is 4.63. The van der Waals surface area contributed by atoms with Gasteiger partial charge in [0.25, 0.3) is 0 Å². The van der Waals surface area contributed by atoms with Crippen molar-refractivity contribution in [3.8, 4) is 5.75 Å². The molecule has 0 radical (unpaired) electrons. The largest absolute Gasteiger partial charge is 0.494 e. The second kappa shape index (κ2) is 5.97. The highest BCUT2D eigenvalue weighted by molar-refractivity contribution is 7.88. The van der Waals surface area contributed by atoms with Crippen LogP contribution in [0.15, 0.2) is 18.2 Å². The van der Waals surface area contributed by atoms with Gasteiger partial charge in [-0.05, 0) is 41.5 Å². The molecule has 5 heteroatoms. The molecule has 0 bridgehead atoms. The van der Waals surface area contributed by atoms with E-state index in [-0.39, 0.29) is 11.5 Å². The van der Waals surface area contributed by atoms with E-state index >= 15 is 0 Å². The molecule has 1 N–H and O–H groups in total. The molecule has 1 aliphatic rings. The van der Waals surface area contributed by atoms with Crippen LogP contribution in [-0.2, 0) is 15.4 Å². The second-order valence-electron chi connectivity index (χ2n) is 6.48. The smallest absolute Gasteiger partial charge is 0.209 e. The average molecular weight is 311 g/mol. The summed E-state index contributed by atoms with van der Waals surface area (Å²) in [6.07, 6.45) is 4.09. The first-order chi connectivity index (χ1) is 9.73. The van der Waals surface area contributed by atoms with Gasteiger partial charge in [-0.2, -0.15) is 0 Å². The third-order valence-corrected chi connectivity index (χ3v) is 4.68. The summed E-state index contributed by atoms with van der Waals surface area (Å²) in [5.74, 6) is 0.820.